The summed E-state index contributed by atoms with van der Waals surface area (Å²) in [7, 11) is 3.01. The number of aromatic amines is 1. The van der Waals surface area contributed by atoms with Gasteiger partial charge in [0.05, 0.1) is 43.1 Å². The van der Waals surface area contributed by atoms with Crippen molar-refractivity contribution in [2.75, 3.05) is 25.7 Å². The number of aliphatic hydroxyl groups excluding tert-OH is 1. The van der Waals surface area contributed by atoms with Crippen LogP contribution in [0.15, 0.2) is 48.2 Å². The van der Waals surface area contributed by atoms with Crippen molar-refractivity contribution in [3.05, 3.63) is 54.0 Å². The lowest BCUT2D eigenvalue weighted by Crippen LogP contribution is -2.42. The van der Waals surface area contributed by atoms with Gasteiger partial charge in [0.2, 0.25) is 0 Å². The zero-order valence-corrected chi connectivity index (χ0v) is 17.3. The number of imidazole rings is 1. The van der Waals surface area contributed by atoms with E-state index in [1.807, 2.05) is 24.3 Å². The van der Waals surface area contributed by atoms with Crippen LogP contribution in [0.25, 0.3) is 16.6 Å². The molecule has 3 aromatic rings. The topological polar surface area (TPSA) is 121 Å². The van der Waals surface area contributed by atoms with Crippen molar-refractivity contribution in [3.63, 3.8) is 0 Å². The molecule has 1 aliphatic rings. The Morgan fingerprint density at radius 2 is 1.87 bits per heavy atom. The number of carbonyl (C=O) groups excluding carboxylic acids is 1. The summed E-state index contributed by atoms with van der Waals surface area (Å²) in [6.45, 7) is 1.81. The Labute approximate surface area is 178 Å². The Bertz CT molecular complexity index is 1140. The molecule has 0 spiro atoms. The number of methoxy groups -OCH3 is 2. The summed E-state index contributed by atoms with van der Waals surface area (Å²) in [6.07, 6.45) is 0. The van der Waals surface area contributed by atoms with Gasteiger partial charge in [-0.05, 0) is 19.1 Å². The van der Waals surface area contributed by atoms with Crippen molar-refractivity contribution >= 4 is 34.1 Å². The maximum absolute atomic E-state index is 12.8. The standard InChI is InChI=1S/C22H22N4O5/c1-4-31-22(28)18-19(27)17(21-24-15-7-5-6-8-16(15)25-21)20(23)26(18)12-9-13(29-2)11-14(10-12)30-3/h5-11,18,23,27H,4H2,1-3H3,(H,24,25). The Morgan fingerprint density at radius 3 is 2.48 bits per heavy atom. The Kier molecular flexibility index (Phi) is 5.24. The summed E-state index contributed by atoms with van der Waals surface area (Å²) in [4.78, 5) is 21.8. The van der Waals surface area contributed by atoms with Gasteiger partial charge in [-0.15, -0.1) is 0 Å². The number of aromatic nitrogens is 2. The summed E-state index contributed by atoms with van der Waals surface area (Å²) < 4.78 is 15.8. The third kappa shape index (κ3) is 3.43. The Hall–Kier alpha value is -4.01. The third-order valence-corrected chi connectivity index (χ3v) is 5.00. The first kappa shape index (κ1) is 20.3. The average molecular weight is 422 g/mol. The molecule has 0 bridgehead atoms. The van der Waals surface area contributed by atoms with E-state index in [4.69, 9.17) is 19.6 Å². The molecule has 3 N–H and O–H groups in total. The number of benzene rings is 2. The number of esters is 1. The minimum atomic E-state index is -1.24. The number of aliphatic hydroxyl groups is 1. The second kappa shape index (κ2) is 8.02. The van der Waals surface area contributed by atoms with Crippen molar-refractivity contribution in [3.8, 4) is 11.5 Å². The third-order valence-electron chi connectivity index (χ3n) is 5.00. The van der Waals surface area contributed by atoms with E-state index in [1.54, 1.807) is 25.1 Å². The molecule has 1 unspecified atom stereocenters. The molecule has 0 amide bonds. The monoisotopic (exact) mass is 422 g/mol. The van der Waals surface area contributed by atoms with Gasteiger partial charge in [-0.2, -0.15) is 0 Å². The molecule has 9 nitrogen and oxygen atoms in total. The van der Waals surface area contributed by atoms with Gasteiger partial charge < -0.3 is 29.2 Å². The SMILES string of the molecule is CCOC(=O)C1C(O)=C(c2nc3ccccc3[nH]2)C(=N)N1c1cc(OC)cc(OC)c1. The summed E-state index contributed by atoms with van der Waals surface area (Å²) in [6, 6.07) is 11.1. The molecule has 4 rings (SSSR count). The molecule has 0 saturated carbocycles. The minimum Gasteiger partial charge on any atom is -0.509 e. The first-order valence-electron chi connectivity index (χ1n) is 9.64. The molecule has 1 aromatic heterocycles. The molecule has 0 aliphatic carbocycles. The highest BCUT2D eigenvalue weighted by molar-refractivity contribution is 6.33. The number of H-pyrrole nitrogens is 1. The van der Waals surface area contributed by atoms with Crippen molar-refractivity contribution in [1.82, 2.24) is 9.97 Å². The molecular weight excluding hydrogens is 400 g/mol. The predicted octanol–water partition coefficient (Wildman–Crippen LogP) is 3.28. The molecule has 160 valence electrons. The highest BCUT2D eigenvalue weighted by Crippen LogP contribution is 2.38. The van der Waals surface area contributed by atoms with E-state index in [0.717, 1.165) is 5.52 Å². The number of hydrogen-bond donors (Lipinski definition) is 3. The summed E-state index contributed by atoms with van der Waals surface area (Å²) in [5.74, 6) is 0.130. The molecule has 1 atom stereocenters. The van der Waals surface area contributed by atoms with Crippen LogP contribution in [0.1, 0.15) is 12.7 Å². The number of nitrogens with zero attached hydrogens (tertiary/aromatic N) is 2. The zero-order chi connectivity index (χ0) is 22.1. The van der Waals surface area contributed by atoms with Gasteiger partial charge in [0.25, 0.3) is 0 Å². The van der Waals surface area contributed by atoms with Gasteiger partial charge in [-0.25, -0.2) is 9.78 Å². The number of rotatable bonds is 6. The van der Waals surface area contributed by atoms with Crippen LogP contribution < -0.4 is 14.4 Å². The molecule has 2 heterocycles. The van der Waals surface area contributed by atoms with Crippen LogP contribution in [0.2, 0.25) is 0 Å². The number of ether oxygens (including phenoxy) is 3. The van der Waals surface area contributed by atoms with Crippen LogP contribution >= 0.6 is 0 Å². The van der Waals surface area contributed by atoms with Crippen LogP contribution in [-0.4, -0.2) is 53.7 Å². The van der Waals surface area contributed by atoms with E-state index < -0.39 is 12.0 Å². The predicted molar refractivity (Wildman–Crippen MR) is 116 cm³/mol. The number of amidine groups is 1. The van der Waals surface area contributed by atoms with E-state index in [9.17, 15) is 9.90 Å². The quantitative estimate of drug-likeness (QED) is 0.521. The van der Waals surface area contributed by atoms with Crippen LogP contribution in [0, 0.1) is 5.41 Å². The maximum atomic E-state index is 12.8. The van der Waals surface area contributed by atoms with Gasteiger partial charge in [0, 0.05) is 18.2 Å². The highest BCUT2D eigenvalue weighted by Gasteiger charge is 2.45. The van der Waals surface area contributed by atoms with Crippen LogP contribution in [0.5, 0.6) is 11.5 Å². The van der Waals surface area contributed by atoms with Crippen LogP contribution in [0.4, 0.5) is 5.69 Å². The molecule has 1 aliphatic heterocycles. The van der Waals surface area contributed by atoms with Crippen LogP contribution in [-0.2, 0) is 9.53 Å². The molecule has 0 radical (unpaired) electrons. The van der Waals surface area contributed by atoms with E-state index >= 15 is 0 Å². The van der Waals surface area contributed by atoms with E-state index in [1.165, 1.54) is 19.1 Å². The van der Waals surface area contributed by atoms with Crippen molar-refractivity contribution in [2.24, 2.45) is 0 Å². The smallest absolute Gasteiger partial charge is 0.337 e. The first-order chi connectivity index (χ1) is 15.0. The molecule has 31 heavy (non-hydrogen) atoms. The number of para-hydroxylation sites is 2. The lowest BCUT2D eigenvalue weighted by molar-refractivity contribution is -0.144. The zero-order valence-electron chi connectivity index (χ0n) is 17.3. The minimum absolute atomic E-state index is 0.107. The lowest BCUT2D eigenvalue weighted by Gasteiger charge is -2.26. The van der Waals surface area contributed by atoms with Gasteiger partial charge in [0.15, 0.2) is 6.04 Å². The van der Waals surface area contributed by atoms with Gasteiger partial charge in [0.1, 0.15) is 28.9 Å². The van der Waals surface area contributed by atoms with Gasteiger partial charge >= 0.3 is 5.97 Å². The van der Waals surface area contributed by atoms with Gasteiger partial charge in [-0.1, -0.05) is 12.1 Å². The maximum Gasteiger partial charge on any atom is 0.337 e. The van der Waals surface area contributed by atoms with E-state index in [0.29, 0.717) is 22.7 Å². The Morgan fingerprint density at radius 1 is 1.19 bits per heavy atom. The fourth-order valence-electron chi connectivity index (χ4n) is 3.58. The molecule has 0 saturated heterocycles. The van der Waals surface area contributed by atoms with Gasteiger partial charge in [-0.3, -0.25) is 5.41 Å². The van der Waals surface area contributed by atoms with Crippen molar-refractivity contribution in [2.45, 2.75) is 13.0 Å². The second-order valence-corrected chi connectivity index (χ2v) is 6.81. The molecular formula is C22H22N4O5. The highest BCUT2D eigenvalue weighted by atomic mass is 16.5. The van der Waals surface area contributed by atoms with E-state index in [2.05, 4.69) is 9.97 Å². The van der Waals surface area contributed by atoms with Crippen LogP contribution in [0.3, 0.4) is 0 Å². The number of nitrogens with one attached hydrogen (secondary N) is 2. The molecule has 2 aromatic carbocycles. The fourth-order valence-corrected chi connectivity index (χ4v) is 3.58. The molecule has 0 fully saturated rings. The lowest BCUT2D eigenvalue weighted by atomic mass is 10.2. The fraction of sp³-hybridized carbons (Fsp3) is 0.227. The largest absolute Gasteiger partial charge is 0.509 e. The second-order valence-electron chi connectivity index (χ2n) is 6.81. The summed E-state index contributed by atoms with van der Waals surface area (Å²) in [5, 5.41) is 19.9. The number of hydrogen-bond acceptors (Lipinski definition) is 7. The van der Waals surface area contributed by atoms with Crippen molar-refractivity contribution < 1.29 is 24.1 Å². The number of carbonyl (C=O) groups is 1. The van der Waals surface area contributed by atoms with Crippen molar-refractivity contribution in [1.29, 1.82) is 5.41 Å². The first-order valence-corrected chi connectivity index (χ1v) is 9.64. The molecule has 9 heteroatoms. The van der Waals surface area contributed by atoms with E-state index in [-0.39, 0.29) is 29.6 Å². The number of fused-ring (bicyclic) bond motifs is 1. The number of anilines is 1. The Balaban J connectivity index is 1.86. The summed E-state index contributed by atoms with van der Waals surface area (Å²) in [5.41, 5.74) is 1.98. The summed E-state index contributed by atoms with van der Waals surface area (Å²) >= 11 is 0. The normalized spacial score (nSPS) is 16.2. The average Bonchev–Trinajstić information content (AvgIpc) is 3.31.